The monoisotopic (exact) mass is 344 g/mol. The van der Waals surface area contributed by atoms with Gasteiger partial charge in [-0.2, -0.15) is 0 Å². The van der Waals surface area contributed by atoms with E-state index in [0.29, 0.717) is 6.42 Å². The number of carbonyl (C=O) groups is 1. The van der Waals surface area contributed by atoms with Crippen molar-refractivity contribution in [1.82, 2.24) is 0 Å². The molecule has 25 heavy (non-hydrogen) atoms. The van der Waals surface area contributed by atoms with E-state index >= 15 is 0 Å². The highest BCUT2D eigenvalue weighted by Gasteiger charge is 1.90. The van der Waals surface area contributed by atoms with E-state index in [2.05, 4.69) is 42.5 Å². The second kappa shape index (κ2) is 18.2. The first-order valence-corrected chi connectivity index (χ1v) is 9.00. The molecule has 0 radical (unpaired) electrons. The van der Waals surface area contributed by atoms with Gasteiger partial charge in [-0.05, 0) is 38.5 Å². The van der Waals surface area contributed by atoms with Crippen molar-refractivity contribution < 1.29 is 15.0 Å². The maximum atomic E-state index is 10.3. The van der Waals surface area contributed by atoms with Gasteiger partial charge in [0.15, 0.2) is 0 Å². The van der Waals surface area contributed by atoms with Gasteiger partial charge in [0.25, 0.3) is 0 Å². The molecule has 2 N–H and O–H groups in total. The lowest BCUT2D eigenvalue weighted by Gasteiger charge is -1.95. The van der Waals surface area contributed by atoms with E-state index < -0.39 is 5.97 Å². The van der Waals surface area contributed by atoms with Gasteiger partial charge in [-0.3, -0.25) is 4.79 Å². The molecule has 0 rings (SSSR count). The van der Waals surface area contributed by atoms with Crippen LogP contribution in [0.15, 0.2) is 72.9 Å². The van der Waals surface area contributed by atoms with Crippen LogP contribution in [0.4, 0.5) is 0 Å². The van der Waals surface area contributed by atoms with E-state index in [-0.39, 0.29) is 12.5 Å². The van der Waals surface area contributed by atoms with Crippen LogP contribution in [-0.4, -0.2) is 22.3 Å². The predicted octanol–water partition coefficient (Wildman–Crippen LogP) is 5.52. The fourth-order valence-corrected chi connectivity index (χ4v) is 1.80. The molecule has 0 spiro atoms. The molecular formula is C22H32O3. The van der Waals surface area contributed by atoms with E-state index in [1.807, 2.05) is 31.2 Å². The van der Waals surface area contributed by atoms with Gasteiger partial charge in [-0.25, -0.2) is 0 Å². The zero-order chi connectivity index (χ0) is 18.6. The molecule has 0 heterocycles. The average molecular weight is 344 g/mol. The fourth-order valence-electron chi connectivity index (χ4n) is 1.80. The number of rotatable bonds is 14. The Bertz CT molecular complexity index is 493. The number of aliphatic hydroxyl groups is 1. The average Bonchev–Trinajstić information content (AvgIpc) is 2.60. The summed E-state index contributed by atoms with van der Waals surface area (Å²) in [7, 11) is 0. The number of hydrogen-bond donors (Lipinski definition) is 2. The Kier molecular flexibility index (Phi) is 16.7. The molecule has 0 aromatic carbocycles. The Morgan fingerprint density at radius 1 is 0.800 bits per heavy atom. The van der Waals surface area contributed by atoms with Gasteiger partial charge in [-0.15, -0.1) is 0 Å². The normalized spacial score (nSPS) is 14.3. The second-order valence-electron chi connectivity index (χ2n) is 5.55. The largest absolute Gasteiger partial charge is 0.481 e. The molecule has 3 heteroatoms. The van der Waals surface area contributed by atoms with Gasteiger partial charge >= 0.3 is 5.97 Å². The highest BCUT2D eigenvalue weighted by atomic mass is 16.4. The smallest absolute Gasteiger partial charge is 0.303 e. The Morgan fingerprint density at radius 2 is 1.28 bits per heavy atom. The summed E-state index contributed by atoms with van der Waals surface area (Å²) >= 11 is 0. The first kappa shape index (κ1) is 22.9. The number of aliphatic hydroxyl groups excluding tert-OH is 1. The molecule has 3 nitrogen and oxygen atoms in total. The topological polar surface area (TPSA) is 57.5 Å². The van der Waals surface area contributed by atoms with Crippen molar-refractivity contribution in [2.24, 2.45) is 0 Å². The summed E-state index contributed by atoms with van der Waals surface area (Å²) in [6, 6.07) is 0. The molecule has 0 saturated heterocycles. The molecule has 0 aromatic heterocycles. The summed E-state index contributed by atoms with van der Waals surface area (Å²) < 4.78 is 0. The number of carboxylic acid groups (broad SMARTS) is 1. The van der Waals surface area contributed by atoms with Gasteiger partial charge in [-0.1, -0.05) is 79.8 Å². The third-order valence-electron chi connectivity index (χ3n) is 3.28. The van der Waals surface area contributed by atoms with Crippen molar-refractivity contribution in [2.45, 2.75) is 58.0 Å². The second-order valence-corrected chi connectivity index (χ2v) is 5.55. The van der Waals surface area contributed by atoms with E-state index in [9.17, 15) is 9.90 Å². The minimum Gasteiger partial charge on any atom is -0.481 e. The lowest BCUT2D eigenvalue weighted by molar-refractivity contribution is -0.136. The number of allylic oxidation sites excluding steroid dienone is 11. The summed E-state index contributed by atoms with van der Waals surface area (Å²) in [6.07, 6.45) is 29.2. The number of carboxylic acids is 1. The van der Waals surface area contributed by atoms with Crippen molar-refractivity contribution in [3.63, 3.8) is 0 Å². The lowest BCUT2D eigenvalue weighted by Crippen LogP contribution is -1.97. The Hall–Kier alpha value is -2.13. The van der Waals surface area contributed by atoms with Crippen LogP contribution in [0.1, 0.15) is 51.9 Å². The molecule has 0 aliphatic rings. The molecular weight excluding hydrogens is 312 g/mol. The quantitative estimate of drug-likeness (QED) is 0.322. The van der Waals surface area contributed by atoms with E-state index in [4.69, 9.17) is 5.11 Å². The Labute approximate surface area is 152 Å². The molecule has 0 fully saturated rings. The molecule has 1 atom stereocenters. The maximum Gasteiger partial charge on any atom is 0.303 e. The van der Waals surface area contributed by atoms with Gasteiger partial charge in [0.05, 0.1) is 6.10 Å². The summed E-state index contributed by atoms with van der Waals surface area (Å²) in [5.74, 6) is -0.751. The zero-order valence-corrected chi connectivity index (χ0v) is 15.3. The molecule has 0 aromatic rings. The van der Waals surface area contributed by atoms with Gasteiger partial charge in [0, 0.05) is 6.42 Å². The third kappa shape index (κ3) is 19.8. The summed E-state index contributed by atoms with van der Waals surface area (Å²) in [5, 5.41) is 17.8. The maximum absolute atomic E-state index is 10.3. The minimum atomic E-state index is -0.751. The van der Waals surface area contributed by atoms with Crippen LogP contribution in [0.5, 0.6) is 0 Å². The van der Waals surface area contributed by atoms with Crippen molar-refractivity contribution in [3.05, 3.63) is 72.9 Å². The molecule has 0 bridgehead atoms. The van der Waals surface area contributed by atoms with Gasteiger partial charge in [0.2, 0.25) is 0 Å². The summed E-state index contributed by atoms with van der Waals surface area (Å²) in [4.78, 5) is 10.3. The highest BCUT2D eigenvalue weighted by Crippen LogP contribution is 1.97. The van der Waals surface area contributed by atoms with Crippen molar-refractivity contribution in [2.75, 3.05) is 0 Å². The molecule has 0 aliphatic carbocycles. The van der Waals surface area contributed by atoms with Gasteiger partial charge < -0.3 is 10.2 Å². The van der Waals surface area contributed by atoms with Crippen LogP contribution >= 0.6 is 0 Å². The van der Waals surface area contributed by atoms with E-state index in [1.54, 1.807) is 6.08 Å². The van der Waals surface area contributed by atoms with Crippen LogP contribution < -0.4 is 0 Å². The van der Waals surface area contributed by atoms with Crippen LogP contribution in [-0.2, 0) is 4.79 Å². The van der Waals surface area contributed by atoms with E-state index in [1.165, 1.54) is 0 Å². The molecule has 0 amide bonds. The summed E-state index contributed by atoms with van der Waals surface area (Å²) in [6.45, 7) is 1.95. The van der Waals surface area contributed by atoms with Crippen molar-refractivity contribution in [1.29, 1.82) is 0 Å². The van der Waals surface area contributed by atoms with Crippen LogP contribution in [0.3, 0.4) is 0 Å². The van der Waals surface area contributed by atoms with Crippen LogP contribution in [0.25, 0.3) is 0 Å². The molecule has 0 aliphatic heterocycles. The first-order chi connectivity index (χ1) is 12.2. The highest BCUT2D eigenvalue weighted by molar-refractivity contribution is 5.66. The summed E-state index contributed by atoms with van der Waals surface area (Å²) in [5.41, 5.74) is 0. The van der Waals surface area contributed by atoms with Crippen molar-refractivity contribution in [3.8, 4) is 0 Å². The van der Waals surface area contributed by atoms with Crippen LogP contribution in [0, 0.1) is 0 Å². The Morgan fingerprint density at radius 3 is 1.76 bits per heavy atom. The zero-order valence-electron chi connectivity index (χ0n) is 15.3. The standard InChI is InChI=1S/C22H32O3/c1-2-21(23)19-17-15-13-11-9-7-5-3-4-6-8-10-12-14-16-18-20-22(24)25/h3-4,7-10,13-17,19,21,23H,2,5-6,11-12,18,20H2,1H3,(H,24,25)/b4-3-,9-7-,10-8-,15-13-,16-14-,19-17+. The van der Waals surface area contributed by atoms with Crippen molar-refractivity contribution >= 4 is 5.97 Å². The Balaban J connectivity index is 3.59. The van der Waals surface area contributed by atoms with E-state index in [0.717, 1.165) is 32.1 Å². The molecule has 138 valence electrons. The van der Waals surface area contributed by atoms with Crippen LogP contribution in [0.2, 0.25) is 0 Å². The first-order valence-electron chi connectivity index (χ1n) is 9.00. The predicted molar refractivity (Wildman–Crippen MR) is 106 cm³/mol. The lowest BCUT2D eigenvalue weighted by atomic mass is 10.2. The molecule has 1 unspecified atom stereocenters. The van der Waals surface area contributed by atoms with Gasteiger partial charge in [0.1, 0.15) is 0 Å². The minimum absolute atomic E-state index is 0.199. The number of hydrogen-bond acceptors (Lipinski definition) is 2. The number of aliphatic carboxylic acids is 1. The molecule has 0 saturated carbocycles. The fraction of sp³-hybridized carbons (Fsp3) is 0.409. The third-order valence-corrected chi connectivity index (χ3v) is 3.28. The SMILES string of the molecule is CCC(O)/C=C/C=C\C/C=C\C/C=C\C/C=C\C/C=C\CCC(=O)O.